The first-order valence-corrected chi connectivity index (χ1v) is 12.1. The molecule has 1 unspecified atom stereocenters. The third-order valence-corrected chi connectivity index (χ3v) is 6.57. The van der Waals surface area contributed by atoms with E-state index in [9.17, 15) is 18.3 Å². The lowest BCUT2D eigenvalue weighted by molar-refractivity contribution is 0.206. The number of hydrogen-bond acceptors (Lipinski definition) is 3. The van der Waals surface area contributed by atoms with Crippen molar-refractivity contribution in [1.82, 2.24) is 4.72 Å². The minimum absolute atomic E-state index is 0.0169. The molecule has 0 aliphatic rings. The van der Waals surface area contributed by atoms with Crippen molar-refractivity contribution in [2.45, 2.75) is 97.9 Å². The van der Waals surface area contributed by atoms with Gasteiger partial charge in [-0.3, -0.25) is 0 Å². The number of para-hydroxylation sites is 1. The van der Waals surface area contributed by atoms with E-state index in [4.69, 9.17) is 0 Å². The Morgan fingerprint density at radius 3 is 1.97 bits per heavy atom. The summed E-state index contributed by atoms with van der Waals surface area (Å²) in [5.74, 6) is -0.0338. The molecule has 7 heteroatoms. The van der Waals surface area contributed by atoms with Crippen molar-refractivity contribution in [3.05, 3.63) is 29.3 Å². The number of benzene rings is 1. The summed E-state index contributed by atoms with van der Waals surface area (Å²) in [6.07, 6.45) is 4.62. The van der Waals surface area contributed by atoms with E-state index < -0.39 is 16.3 Å². The van der Waals surface area contributed by atoms with Crippen LogP contribution in [0.2, 0.25) is 0 Å². The fourth-order valence-corrected chi connectivity index (χ4v) is 4.87. The van der Waals surface area contributed by atoms with Crippen LogP contribution in [0.25, 0.3) is 0 Å². The zero-order valence-corrected chi connectivity index (χ0v) is 19.6. The second-order valence-electron chi connectivity index (χ2n) is 8.37. The maximum atomic E-state index is 13.1. The van der Waals surface area contributed by atoms with Crippen molar-refractivity contribution in [2.75, 3.05) is 4.31 Å². The molecule has 0 fully saturated rings. The molecule has 0 aliphatic carbocycles. The molecule has 1 atom stereocenters. The van der Waals surface area contributed by atoms with Crippen LogP contribution in [-0.2, 0) is 10.2 Å². The van der Waals surface area contributed by atoms with E-state index in [0.29, 0.717) is 21.9 Å². The molecule has 0 saturated carbocycles. The number of carboxylic acid groups (broad SMARTS) is 1. The molecule has 0 aromatic heterocycles. The molecular formula is C22H38N2O4S. The lowest BCUT2D eigenvalue weighted by atomic mass is 9.93. The molecule has 6 nitrogen and oxygen atoms in total. The lowest BCUT2D eigenvalue weighted by Gasteiger charge is -2.28. The van der Waals surface area contributed by atoms with Gasteiger partial charge in [0.15, 0.2) is 0 Å². The van der Waals surface area contributed by atoms with Crippen LogP contribution in [0.5, 0.6) is 0 Å². The number of nitrogens with one attached hydrogen (secondary N) is 1. The summed E-state index contributed by atoms with van der Waals surface area (Å²) >= 11 is 0. The zero-order chi connectivity index (χ0) is 22.2. The monoisotopic (exact) mass is 426 g/mol. The van der Waals surface area contributed by atoms with Gasteiger partial charge in [-0.2, -0.15) is 17.4 Å². The van der Waals surface area contributed by atoms with Crippen LogP contribution in [0, 0.1) is 0 Å². The average molecular weight is 427 g/mol. The zero-order valence-electron chi connectivity index (χ0n) is 18.7. The first-order valence-electron chi connectivity index (χ1n) is 10.7. The van der Waals surface area contributed by atoms with Gasteiger partial charge in [0.2, 0.25) is 0 Å². The highest BCUT2D eigenvalue weighted by atomic mass is 32.2. The maximum absolute atomic E-state index is 13.1. The first kappa shape index (κ1) is 25.4. The topological polar surface area (TPSA) is 86.7 Å². The van der Waals surface area contributed by atoms with E-state index >= 15 is 0 Å². The van der Waals surface area contributed by atoms with E-state index in [1.54, 1.807) is 19.1 Å². The van der Waals surface area contributed by atoms with Gasteiger partial charge in [0.25, 0.3) is 0 Å². The van der Waals surface area contributed by atoms with Crippen LogP contribution >= 0.6 is 0 Å². The van der Waals surface area contributed by atoms with Gasteiger partial charge in [-0.25, -0.2) is 4.79 Å². The molecule has 0 saturated heterocycles. The maximum Gasteiger partial charge on any atom is 0.426 e. The van der Waals surface area contributed by atoms with Crippen LogP contribution in [0.15, 0.2) is 18.2 Å². The molecule has 0 spiro atoms. The first-order chi connectivity index (χ1) is 13.5. The lowest BCUT2D eigenvalue weighted by Crippen LogP contribution is -2.47. The Hall–Kier alpha value is -1.60. The summed E-state index contributed by atoms with van der Waals surface area (Å²) in [5, 5.41) is 9.87. The fraction of sp³-hybridized carbons (Fsp3) is 0.682. The highest BCUT2D eigenvalue weighted by Crippen LogP contribution is 2.36. The Kier molecular flexibility index (Phi) is 10.1. The van der Waals surface area contributed by atoms with Crippen LogP contribution < -0.4 is 9.03 Å². The predicted octanol–water partition coefficient (Wildman–Crippen LogP) is 6.00. The van der Waals surface area contributed by atoms with Gasteiger partial charge < -0.3 is 5.11 Å². The van der Waals surface area contributed by atoms with Crippen molar-refractivity contribution >= 4 is 22.0 Å². The van der Waals surface area contributed by atoms with Crippen LogP contribution in [0.3, 0.4) is 0 Å². The summed E-state index contributed by atoms with van der Waals surface area (Å²) in [4.78, 5) is 12.1. The highest BCUT2D eigenvalue weighted by Gasteiger charge is 2.34. The van der Waals surface area contributed by atoms with Gasteiger partial charge in [-0.1, -0.05) is 84.9 Å². The third kappa shape index (κ3) is 7.30. The minimum Gasteiger partial charge on any atom is -0.464 e. The number of nitrogens with zero attached hydrogens (tertiary/aromatic N) is 1. The van der Waals surface area contributed by atoms with Gasteiger partial charge >= 0.3 is 16.3 Å². The van der Waals surface area contributed by atoms with Crippen LogP contribution in [-0.4, -0.2) is 25.7 Å². The number of unbranched alkanes of at least 4 members (excludes halogenated alkanes) is 4. The third-order valence-electron chi connectivity index (χ3n) is 5.05. The van der Waals surface area contributed by atoms with Gasteiger partial charge in [0.05, 0.1) is 5.69 Å². The fourth-order valence-electron chi connectivity index (χ4n) is 3.48. The Morgan fingerprint density at radius 2 is 1.52 bits per heavy atom. The summed E-state index contributed by atoms with van der Waals surface area (Å²) in [6, 6.07) is 5.12. The molecule has 1 rings (SSSR count). The normalized spacial score (nSPS) is 13.1. The SMILES string of the molecule is CCCCCCCC(C)NS(=O)(=O)N(C(=O)O)c1c(C(C)C)cccc1C(C)C. The molecule has 1 aromatic rings. The quantitative estimate of drug-likeness (QED) is 0.401. The number of carbonyl (C=O) groups is 1. The smallest absolute Gasteiger partial charge is 0.426 e. The molecule has 0 bridgehead atoms. The highest BCUT2D eigenvalue weighted by molar-refractivity contribution is 7.91. The molecule has 2 N–H and O–H groups in total. The number of rotatable bonds is 12. The predicted molar refractivity (Wildman–Crippen MR) is 120 cm³/mol. The standard InChI is InChI=1S/C22H38N2O4S/c1-7-8-9-10-11-13-18(6)23-29(27,28)24(22(25)26)21-19(16(2)3)14-12-15-20(21)17(4)5/h12,14-18,23H,7-11,13H2,1-6H3,(H,25,26). The summed E-state index contributed by atoms with van der Waals surface area (Å²) in [6.45, 7) is 11.7. The van der Waals surface area contributed by atoms with Crippen molar-refractivity contribution in [1.29, 1.82) is 0 Å². The second-order valence-corrected chi connectivity index (χ2v) is 9.92. The van der Waals surface area contributed by atoms with Gasteiger partial charge in [-0.05, 0) is 36.3 Å². The van der Waals surface area contributed by atoms with Crippen molar-refractivity contribution in [3.8, 4) is 0 Å². The molecule has 0 heterocycles. The van der Waals surface area contributed by atoms with Gasteiger partial charge in [0, 0.05) is 6.04 Å². The largest absolute Gasteiger partial charge is 0.464 e. The van der Waals surface area contributed by atoms with Crippen molar-refractivity contribution < 1.29 is 18.3 Å². The van der Waals surface area contributed by atoms with Crippen LogP contribution in [0.4, 0.5) is 10.5 Å². The summed E-state index contributed by atoms with van der Waals surface area (Å²) < 4.78 is 29.3. The van der Waals surface area contributed by atoms with Crippen LogP contribution in [0.1, 0.15) is 103 Å². The van der Waals surface area contributed by atoms with E-state index in [2.05, 4.69) is 11.6 Å². The molecule has 0 aliphatic heterocycles. The average Bonchev–Trinajstić information content (AvgIpc) is 2.60. The molecule has 0 radical (unpaired) electrons. The Bertz CT molecular complexity index is 734. The number of amides is 1. The van der Waals surface area contributed by atoms with Gasteiger partial charge in [0.1, 0.15) is 0 Å². The molecule has 166 valence electrons. The molecular weight excluding hydrogens is 388 g/mol. The summed E-state index contributed by atoms with van der Waals surface area (Å²) in [5.41, 5.74) is 1.67. The van der Waals surface area contributed by atoms with E-state index in [0.717, 1.165) is 25.7 Å². The molecule has 29 heavy (non-hydrogen) atoms. The number of anilines is 1. The minimum atomic E-state index is -4.25. The molecule has 1 amide bonds. The van der Waals surface area contributed by atoms with E-state index in [1.807, 2.05) is 33.8 Å². The number of hydrogen-bond donors (Lipinski definition) is 2. The van der Waals surface area contributed by atoms with Gasteiger partial charge in [-0.15, -0.1) is 0 Å². The van der Waals surface area contributed by atoms with E-state index in [1.165, 1.54) is 6.42 Å². The second kappa shape index (κ2) is 11.6. The Labute approximate surface area is 176 Å². The van der Waals surface area contributed by atoms with Crippen molar-refractivity contribution in [3.63, 3.8) is 0 Å². The van der Waals surface area contributed by atoms with Crippen molar-refractivity contribution in [2.24, 2.45) is 0 Å². The molecule has 1 aromatic carbocycles. The Morgan fingerprint density at radius 1 is 1.00 bits per heavy atom. The van der Waals surface area contributed by atoms with E-state index in [-0.39, 0.29) is 23.6 Å². The Balaban J connectivity index is 3.19. The summed E-state index contributed by atoms with van der Waals surface area (Å²) in [7, 11) is -4.25.